The van der Waals surface area contributed by atoms with Crippen molar-refractivity contribution in [3.8, 4) is 0 Å². The molecule has 33 heavy (non-hydrogen) atoms. The van der Waals surface area contributed by atoms with Gasteiger partial charge in [0.15, 0.2) is 0 Å². The lowest BCUT2D eigenvalue weighted by Gasteiger charge is -2.36. The van der Waals surface area contributed by atoms with E-state index in [9.17, 15) is 18.8 Å². The van der Waals surface area contributed by atoms with Gasteiger partial charge in [0.25, 0.3) is 11.8 Å². The van der Waals surface area contributed by atoms with Crippen LogP contribution in [0.3, 0.4) is 0 Å². The van der Waals surface area contributed by atoms with E-state index in [4.69, 9.17) is 0 Å². The molecule has 1 aliphatic rings. The second kappa shape index (κ2) is 11.1. The fourth-order valence-electron chi connectivity index (χ4n) is 3.97. The summed E-state index contributed by atoms with van der Waals surface area (Å²) in [7, 11) is 0. The Morgan fingerprint density at radius 2 is 1.55 bits per heavy atom. The zero-order chi connectivity index (χ0) is 24.0. The standard InChI is InChI=1S/C26H32FN3O3/c1-4-18(3)28-25(32)23(29-24(31)20-9-11-22(27)12-10-20)19-13-15-30(16-14-19)26(33)21-7-5-17(2)6-8-21/h5-12,18-19,23H,4,13-16H2,1-3H3,(H,28,32)(H,29,31)/t18-,23+/m1/s1. The van der Waals surface area contributed by atoms with Gasteiger partial charge < -0.3 is 15.5 Å². The van der Waals surface area contributed by atoms with Crippen molar-refractivity contribution < 1.29 is 18.8 Å². The molecule has 0 aromatic heterocycles. The lowest BCUT2D eigenvalue weighted by molar-refractivity contribution is -0.125. The summed E-state index contributed by atoms with van der Waals surface area (Å²) in [5.41, 5.74) is 2.04. The average Bonchev–Trinajstić information content (AvgIpc) is 2.82. The molecule has 1 aliphatic heterocycles. The van der Waals surface area contributed by atoms with E-state index in [2.05, 4.69) is 10.6 Å². The van der Waals surface area contributed by atoms with Crippen LogP contribution in [0.4, 0.5) is 4.39 Å². The minimum Gasteiger partial charge on any atom is -0.352 e. The first-order chi connectivity index (χ1) is 15.8. The highest BCUT2D eigenvalue weighted by molar-refractivity contribution is 5.97. The maximum atomic E-state index is 13.2. The number of carbonyl (C=O) groups excluding carboxylic acids is 3. The van der Waals surface area contributed by atoms with Crippen LogP contribution in [-0.4, -0.2) is 47.8 Å². The minimum atomic E-state index is -0.729. The fourth-order valence-corrected chi connectivity index (χ4v) is 3.97. The monoisotopic (exact) mass is 453 g/mol. The van der Waals surface area contributed by atoms with Gasteiger partial charge in [0.05, 0.1) is 0 Å². The molecule has 1 fully saturated rings. The van der Waals surface area contributed by atoms with Gasteiger partial charge in [-0.2, -0.15) is 0 Å². The van der Waals surface area contributed by atoms with Crippen molar-refractivity contribution in [2.45, 2.75) is 52.1 Å². The zero-order valence-corrected chi connectivity index (χ0v) is 19.4. The SMILES string of the molecule is CC[C@@H](C)NC(=O)[C@@H](NC(=O)c1ccc(F)cc1)C1CCN(C(=O)c2ccc(C)cc2)CC1. The molecule has 0 aliphatic carbocycles. The van der Waals surface area contributed by atoms with Gasteiger partial charge in [-0.25, -0.2) is 4.39 Å². The molecule has 2 N–H and O–H groups in total. The third-order valence-electron chi connectivity index (χ3n) is 6.27. The Labute approximate surface area is 194 Å². The Bertz CT molecular complexity index is 967. The second-order valence-corrected chi connectivity index (χ2v) is 8.77. The lowest BCUT2D eigenvalue weighted by Crippen LogP contribution is -2.55. The van der Waals surface area contributed by atoms with Crippen LogP contribution in [0.15, 0.2) is 48.5 Å². The molecule has 0 unspecified atom stereocenters. The molecule has 176 valence electrons. The Morgan fingerprint density at radius 1 is 0.970 bits per heavy atom. The molecule has 1 heterocycles. The third kappa shape index (κ3) is 6.40. The van der Waals surface area contributed by atoms with Crippen molar-refractivity contribution in [2.24, 2.45) is 5.92 Å². The van der Waals surface area contributed by atoms with E-state index in [1.54, 1.807) is 4.90 Å². The van der Waals surface area contributed by atoms with Gasteiger partial charge in [0, 0.05) is 30.3 Å². The molecule has 3 amide bonds. The Balaban J connectivity index is 1.69. The van der Waals surface area contributed by atoms with Crippen LogP contribution in [0.2, 0.25) is 0 Å². The summed E-state index contributed by atoms with van der Waals surface area (Å²) in [5, 5.41) is 5.82. The number of halogens is 1. The van der Waals surface area contributed by atoms with E-state index in [1.165, 1.54) is 24.3 Å². The van der Waals surface area contributed by atoms with Crippen LogP contribution in [0, 0.1) is 18.7 Å². The van der Waals surface area contributed by atoms with E-state index in [-0.39, 0.29) is 23.8 Å². The van der Waals surface area contributed by atoms with Crippen molar-refractivity contribution in [1.82, 2.24) is 15.5 Å². The molecule has 0 spiro atoms. The smallest absolute Gasteiger partial charge is 0.253 e. The number of likely N-dealkylation sites (tertiary alicyclic amines) is 1. The van der Waals surface area contributed by atoms with Crippen LogP contribution in [0.25, 0.3) is 0 Å². The van der Waals surface area contributed by atoms with Crippen molar-refractivity contribution in [3.63, 3.8) is 0 Å². The number of nitrogens with zero attached hydrogens (tertiary/aromatic N) is 1. The normalized spacial score (nSPS) is 16.1. The van der Waals surface area contributed by atoms with Crippen LogP contribution in [-0.2, 0) is 4.79 Å². The first kappa shape index (κ1) is 24.4. The summed E-state index contributed by atoms with van der Waals surface area (Å²) in [5.74, 6) is -1.21. The predicted molar refractivity (Wildman–Crippen MR) is 125 cm³/mol. The lowest BCUT2D eigenvalue weighted by atomic mass is 9.88. The molecule has 1 saturated heterocycles. The van der Waals surface area contributed by atoms with Gasteiger partial charge >= 0.3 is 0 Å². The highest BCUT2D eigenvalue weighted by atomic mass is 19.1. The van der Waals surface area contributed by atoms with Crippen molar-refractivity contribution in [1.29, 1.82) is 0 Å². The van der Waals surface area contributed by atoms with Crippen LogP contribution >= 0.6 is 0 Å². The minimum absolute atomic E-state index is 0.0223. The van der Waals surface area contributed by atoms with Gasteiger partial charge in [-0.15, -0.1) is 0 Å². The van der Waals surface area contributed by atoms with Gasteiger partial charge in [-0.3, -0.25) is 14.4 Å². The summed E-state index contributed by atoms with van der Waals surface area (Å²) in [6.07, 6.45) is 1.97. The number of aryl methyl sites for hydroxylation is 1. The number of piperidine rings is 1. The van der Waals surface area contributed by atoms with Gasteiger partial charge in [0.2, 0.25) is 5.91 Å². The number of benzene rings is 2. The van der Waals surface area contributed by atoms with Crippen LogP contribution in [0.1, 0.15) is 59.4 Å². The number of hydrogen-bond donors (Lipinski definition) is 2. The molecule has 0 radical (unpaired) electrons. The largest absolute Gasteiger partial charge is 0.352 e. The van der Waals surface area contributed by atoms with Gasteiger partial charge in [-0.1, -0.05) is 24.6 Å². The molecule has 2 aromatic rings. The topological polar surface area (TPSA) is 78.5 Å². The molecular formula is C26H32FN3O3. The molecule has 0 bridgehead atoms. The van der Waals surface area contributed by atoms with E-state index in [1.807, 2.05) is 45.0 Å². The molecule has 0 saturated carbocycles. The Morgan fingerprint density at radius 3 is 2.12 bits per heavy atom. The summed E-state index contributed by atoms with van der Waals surface area (Å²) in [4.78, 5) is 40.5. The summed E-state index contributed by atoms with van der Waals surface area (Å²) >= 11 is 0. The van der Waals surface area contributed by atoms with E-state index in [0.29, 0.717) is 37.1 Å². The number of amides is 3. The van der Waals surface area contributed by atoms with Crippen molar-refractivity contribution in [3.05, 3.63) is 71.0 Å². The quantitative estimate of drug-likeness (QED) is 0.671. The first-order valence-electron chi connectivity index (χ1n) is 11.5. The van der Waals surface area contributed by atoms with Crippen LogP contribution < -0.4 is 10.6 Å². The van der Waals surface area contributed by atoms with Gasteiger partial charge in [-0.05, 0) is 75.4 Å². The summed E-state index contributed by atoms with van der Waals surface area (Å²) in [6, 6.07) is 12.0. The van der Waals surface area contributed by atoms with E-state index < -0.39 is 17.8 Å². The Kier molecular flexibility index (Phi) is 8.20. The zero-order valence-electron chi connectivity index (χ0n) is 19.4. The predicted octanol–water partition coefficient (Wildman–Crippen LogP) is 3.70. The van der Waals surface area contributed by atoms with E-state index in [0.717, 1.165) is 12.0 Å². The number of rotatable bonds is 7. The van der Waals surface area contributed by atoms with Crippen molar-refractivity contribution in [2.75, 3.05) is 13.1 Å². The molecule has 2 aromatic carbocycles. The number of carbonyl (C=O) groups is 3. The van der Waals surface area contributed by atoms with E-state index >= 15 is 0 Å². The summed E-state index contributed by atoms with van der Waals surface area (Å²) in [6.45, 7) is 6.89. The van der Waals surface area contributed by atoms with Crippen molar-refractivity contribution >= 4 is 17.7 Å². The number of hydrogen-bond acceptors (Lipinski definition) is 3. The maximum absolute atomic E-state index is 13.2. The maximum Gasteiger partial charge on any atom is 0.253 e. The fraction of sp³-hybridized carbons (Fsp3) is 0.423. The molecule has 3 rings (SSSR count). The Hall–Kier alpha value is -3.22. The van der Waals surface area contributed by atoms with Crippen LogP contribution in [0.5, 0.6) is 0 Å². The summed E-state index contributed by atoms with van der Waals surface area (Å²) < 4.78 is 13.2. The number of nitrogens with one attached hydrogen (secondary N) is 2. The highest BCUT2D eigenvalue weighted by Gasteiger charge is 2.34. The molecule has 2 atom stereocenters. The third-order valence-corrected chi connectivity index (χ3v) is 6.27. The average molecular weight is 454 g/mol. The molecular weight excluding hydrogens is 421 g/mol. The first-order valence-corrected chi connectivity index (χ1v) is 11.5. The van der Waals surface area contributed by atoms with Gasteiger partial charge in [0.1, 0.15) is 11.9 Å². The molecule has 6 nitrogen and oxygen atoms in total. The second-order valence-electron chi connectivity index (χ2n) is 8.77. The molecule has 7 heteroatoms. The highest BCUT2D eigenvalue weighted by Crippen LogP contribution is 2.23.